The first-order valence-electron chi connectivity index (χ1n) is 4.26. The highest BCUT2D eigenvalue weighted by Gasteiger charge is 2.22. The number of hydrogen-bond donors (Lipinski definition) is 0. The van der Waals surface area contributed by atoms with Crippen molar-refractivity contribution >= 4 is 15.9 Å². The van der Waals surface area contributed by atoms with E-state index in [2.05, 4.69) is 22.9 Å². The highest BCUT2D eigenvalue weighted by molar-refractivity contribution is 9.10. The van der Waals surface area contributed by atoms with Crippen molar-refractivity contribution in [1.82, 2.24) is 0 Å². The van der Waals surface area contributed by atoms with Gasteiger partial charge >= 0.3 is 0 Å². The highest BCUT2D eigenvalue weighted by atomic mass is 79.9. The fourth-order valence-corrected chi connectivity index (χ4v) is 1.37. The quantitative estimate of drug-likeness (QED) is 0.761. The van der Waals surface area contributed by atoms with E-state index in [4.69, 9.17) is 9.47 Å². The second-order valence-electron chi connectivity index (χ2n) is 3.18. The van der Waals surface area contributed by atoms with Crippen LogP contribution < -0.4 is 4.74 Å². The molecule has 0 aliphatic carbocycles. The lowest BCUT2D eigenvalue weighted by atomic mass is 10.2. The number of rotatable bonds is 3. The number of halogens is 1. The van der Waals surface area contributed by atoms with Crippen LogP contribution in [-0.4, -0.2) is 19.3 Å². The van der Waals surface area contributed by atoms with Gasteiger partial charge < -0.3 is 9.47 Å². The number of benzene rings is 1. The predicted molar refractivity (Wildman–Crippen MR) is 54.1 cm³/mol. The van der Waals surface area contributed by atoms with E-state index in [1.54, 1.807) is 0 Å². The molecule has 1 saturated heterocycles. The first-order chi connectivity index (χ1) is 6.25. The molecule has 1 fully saturated rings. The Morgan fingerprint density at radius 3 is 3.00 bits per heavy atom. The second-order valence-corrected chi connectivity index (χ2v) is 4.03. The van der Waals surface area contributed by atoms with Crippen molar-refractivity contribution < 1.29 is 9.47 Å². The molecule has 0 saturated carbocycles. The maximum Gasteiger partial charge on any atom is 0.120 e. The molecule has 0 aromatic heterocycles. The minimum absolute atomic E-state index is 0.320. The fraction of sp³-hybridized carbons (Fsp3) is 0.400. The lowest BCUT2D eigenvalue weighted by molar-refractivity contribution is 0.263. The number of ether oxygens (including phenoxy) is 2. The summed E-state index contributed by atoms with van der Waals surface area (Å²) in [6.45, 7) is 3.56. The second kappa shape index (κ2) is 3.68. The molecule has 1 aromatic carbocycles. The van der Waals surface area contributed by atoms with E-state index >= 15 is 0 Å². The molecule has 13 heavy (non-hydrogen) atoms. The van der Waals surface area contributed by atoms with Crippen LogP contribution in [-0.2, 0) is 4.74 Å². The summed E-state index contributed by atoms with van der Waals surface area (Å²) in [5, 5.41) is 0. The van der Waals surface area contributed by atoms with Crippen molar-refractivity contribution in [2.45, 2.75) is 13.0 Å². The van der Waals surface area contributed by atoms with Crippen LogP contribution in [0.5, 0.6) is 5.75 Å². The van der Waals surface area contributed by atoms with Gasteiger partial charge in [-0.05, 0) is 24.6 Å². The summed E-state index contributed by atoms with van der Waals surface area (Å²) in [5.74, 6) is 0.896. The van der Waals surface area contributed by atoms with Crippen molar-refractivity contribution in [2.75, 3.05) is 13.2 Å². The zero-order chi connectivity index (χ0) is 9.26. The van der Waals surface area contributed by atoms with E-state index in [9.17, 15) is 0 Å². The molecule has 2 rings (SSSR count). The number of epoxide rings is 1. The van der Waals surface area contributed by atoms with Crippen molar-refractivity contribution in [3.05, 3.63) is 28.2 Å². The Bertz CT molecular complexity index is 308. The average Bonchev–Trinajstić information content (AvgIpc) is 2.91. The summed E-state index contributed by atoms with van der Waals surface area (Å²) in [6.07, 6.45) is 0.320. The first-order valence-corrected chi connectivity index (χ1v) is 5.05. The van der Waals surface area contributed by atoms with E-state index < -0.39 is 0 Å². The molecule has 1 aliphatic heterocycles. The highest BCUT2D eigenvalue weighted by Crippen LogP contribution is 2.23. The van der Waals surface area contributed by atoms with E-state index in [0.29, 0.717) is 12.7 Å². The standard InChI is InChI=1S/C10H11BrO2/c1-7-2-3-8(4-10(7)11)12-5-9-6-13-9/h2-4,9H,5-6H2,1H3/t9-/m1/s1. The van der Waals surface area contributed by atoms with Crippen LogP contribution in [0.4, 0.5) is 0 Å². The van der Waals surface area contributed by atoms with Gasteiger partial charge in [0.2, 0.25) is 0 Å². The molecule has 0 bridgehead atoms. The molecular formula is C10H11BrO2. The van der Waals surface area contributed by atoms with Crippen LogP contribution in [0.2, 0.25) is 0 Å². The number of hydrogen-bond acceptors (Lipinski definition) is 2. The van der Waals surface area contributed by atoms with Crippen LogP contribution >= 0.6 is 15.9 Å². The smallest absolute Gasteiger partial charge is 0.120 e. The molecule has 1 aromatic rings. The molecule has 1 aliphatic rings. The van der Waals surface area contributed by atoms with Gasteiger partial charge in [0.25, 0.3) is 0 Å². The SMILES string of the molecule is Cc1ccc(OC[C@@H]2CO2)cc1Br. The first kappa shape index (κ1) is 9.03. The fourth-order valence-electron chi connectivity index (χ4n) is 1.02. The topological polar surface area (TPSA) is 21.8 Å². The van der Waals surface area contributed by atoms with Gasteiger partial charge in [-0.25, -0.2) is 0 Å². The van der Waals surface area contributed by atoms with Crippen molar-refractivity contribution in [3.63, 3.8) is 0 Å². The van der Waals surface area contributed by atoms with Crippen LogP contribution in [0, 0.1) is 6.92 Å². The molecule has 70 valence electrons. The van der Waals surface area contributed by atoms with Gasteiger partial charge in [-0.3, -0.25) is 0 Å². The van der Waals surface area contributed by atoms with Crippen LogP contribution in [0.15, 0.2) is 22.7 Å². The van der Waals surface area contributed by atoms with Crippen LogP contribution in [0.3, 0.4) is 0 Å². The van der Waals surface area contributed by atoms with E-state index in [1.165, 1.54) is 5.56 Å². The van der Waals surface area contributed by atoms with Gasteiger partial charge in [-0.15, -0.1) is 0 Å². The van der Waals surface area contributed by atoms with Gasteiger partial charge in [-0.1, -0.05) is 22.0 Å². The average molecular weight is 243 g/mol. The molecule has 1 heterocycles. The molecule has 3 heteroatoms. The summed E-state index contributed by atoms with van der Waals surface area (Å²) in [6, 6.07) is 5.99. The summed E-state index contributed by atoms with van der Waals surface area (Å²) in [4.78, 5) is 0. The van der Waals surface area contributed by atoms with Crippen molar-refractivity contribution in [3.8, 4) is 5.75 Å². The van der Waals surface area contributed by atoms with Gasteiger partial charge in [0.15, 0.2) is 0 Å². The predicted octanol–water partition coefficient (Wildman–Crippen LogP) is 2.54. The Balaban J connectivity index is 1.98. The van der Waals surface area contributed by atoms with E-state index in [0.717, 1.165) is 16.8 Å². The Morgan fingerprint density at radius 1 is 1.62 bits per heavy atom. The third-order valence-corrected chi connectivity index (χ3v) is 2.84. The Kier molecular flexibility index (Phi) is 2.56. The normalized spacial score (nSPS) is 20.0. The minimum Gasteiger partial charge on any atom is -0.491 e. The lowest BCUT2D eigenvalue weighted by Gasteiger charge is -2.05. The van der Waals surface area contributed by atoms with Crippen LogP contribution in [0.25, 0.3) is 0 Å². The third-order valence-electron chi connectivity index (χ3n) is 1.98. The summed E-state index contributed by atoms with van der Waals surface area (Å²) >= 11 is 3.46. The molecular weight excluding hydrogens is 232 g/mol. The van der Waals surface area contributed by atoms with Gasteiger partial charge in [0.1, 0.15) is 18.5 Å². The molecule has 0 unspecified atom stereocenters. The lowest BCUT2D eigenvalue weighted by Crippen LogP contribution is -2.03. The molecule has 0 spiro atoms. The zero-order valence-corrected chi connectivity index (χ0v) is 9.00. The van der Waals surface area contributed by atoms with Gasteiger partial charge in [0.05, 0.1) is 6.61 Å². The van der Waals surface area contributed by atoms with E-state index in [1.807, 2.05) is 18.2 Å². The third kappa shape index (κ3) is 2.45. The Labute approximate surface area is 86.0 Å². The molecule has 0 amide bonds. The van der Waals surface area contributed by atoms with Gasteiger partial charge in [0, 0.05) is 4.47 Å². The summed E-state index contributed by atoms with van der Waals surface area (Å²) < 4.78 is 11.6. The zero-order valence-electron chi connectivity index (χ0n) is 7.42. The summed E-state index contributed by atoms with van der Waals surface area (Å²) in [5.41, 5.74) is 1.22. The number of aryl methyl sites for hydroxylation is 1. The Hall–Kier alpha value is -0.540. The summed E-state index contributed by atoms with van der Waals surface area (Å²) in [7, 11) is 0. The maximum absolute atomic E-state index is 5.51. The molecule has 0 radical (unpaired) electrons. The van der Waals surface area contributed by atoms with Crippen molar-refractivity contribution in [1.29, 1.82) is 0 Å². The maximum atomic E-state index is 5.51. The van der Waals surface area contributed by atoms with Gasteiger partial charge in [-0.2, -0.15) is 0 Å². The molecule has 2 nitrogen and oxygen atoms in total. The molecule has 1 atom stereocenters. The van der Waals surface area contributed by atoms with Crippen molar-refractivity contribution in [2.24, 2.45) is 0 Å². The molecule has 0 N–H and O–H groups in total. The van der Waals surface area contributed by atoms with E-state index in [-0.39, 0.29) is 0 Å². The monoisotopic (exact) mass is 242 g/mol. The Morgan fingerprint density at radius 2 is 2.38 bits per heavy atom. The minimum atomic E-state index is 0.320. The largest absolute Gasteiger partial charge is 0.491 e. The van der Waals surface area contributed by atoms with Crippen LogP contribution in [0.1, 0.15) is 5.56 Å².